The standard InChI is InChI=1S/C16H21BrClNO2/c1-10-7-15(2,3)9-16(8-10,14(20)21)19-11-4-5-13(18)12(17)6-11/h4-6,10,19H,7-9H2,1-3H3,(H,20,21). The minimum absolute atomic E-state index is 0.00666. The minimum atomic E-state index is -0.922. The molecule has 0 radical (unpaired) electrons. The third-order valence-corrected chi connectivity index (χ3v) is 5.30. The van der Waals surface area contributed by atoms with Crippen LogP contribution in [0.25, 0.3) is 0 Å². The molecule has 1 saturated carbocycles. The van der Waals surface area contributed by atoms with E-state index in [1.807, 2.05) is 12.1 Å². The van der Waals surface area contributed by atoms with Crippen LogP contribution in [0.5, 0.6) is 0 Å². The Balaban J connectivity index is 2.34. The molecular weight excluding hydrogens is 354 g/mol. The number of carboxylic acids is 1. The minimum Gasteiger partial charge on any atom is -0.480 e. The molecule has 1 aromatic carbocycles. The Morgan fingerprint density at radius 3 is 2.62 bits per heavy atom. The van der Waals surface area contributed by atoms with Crippen LogP contribution in [0.2, 0.25) is 5.02 Å². The second-order valence-electron chi connectivity index (χ2n) is 7.00. The molecule has 0 bridgehead atoms. The lowest BCUT2D eigenvalue weighted by Gasteiger charge is -2.46. The van der Waals surface area contributed by atoms with Gasteiger partial charge in [0.2, 0.25) is 0 Å². The highest BCUT2D eigenvalue weighted by Gasteiger charge is 2.48. The molecule has 21 heavy (non-hydrogen) atoms. The number of rotatable bonds is 3. The highest BCUT2D eigenvalue weighted by molar-refractivity contribution is 9.10. The van der Waals surface area contributed by atoms with Crippen LogP contribution >= 0.6 is 27.5 Å². The Kier molecular flexibility index (Phi) is 4.60. The van der Waals surface area contributed by atoms with Gasteiger partial charge in [0.05, 0.1) is 5.02 Å². The van der Waals surface area contributed by atoms with Gasteiger partial charge in [-0.3, -0.25) is 0 Å². The van der Waals surface area contributed by atoms with E-state index in [2.05, 4.69) is 42.0 Å². The van der Waals surface area contributed by atoms with Gasteiger partial charge in [0.25, 0.3) is 0 Å². The first kappa shape index (κ1) is 16.6. The lowest BCUT2D eigenvalue weighted by atomic mass is 9.64. The van der Waals surface area contributed by atoms with Crippen LogP contribution in [0.15, 0.2) is 22.7 Å². The number of carboxylic acid groups (broad SMARTS) is 1. The molecule has 0 spiro atoms. The van der Waals surface area contributed by atoms with Crippen molar-refractivity contribution in [1.29, 1.82) is 0 Å². The monoisotopic (exact) mass is 373 g/mol. The quantitative estimate of drug-likeness (QED) is 0.766. The van der Waals surface area contributed by atoms with Crippen LogP contribution in [-0.4, -0.2) is 16.6 Å². The van der Waals surface area contributed by atoms with E-state index in [1.165, 1.54) is 0 Å². The smallest absolute Gasteiger partial charge is 0.329 e. The fourth-order valence-electron chi connectivity index (χ4n) is 3.73. The van der Waals surface area contributed by atoms with Crippen LogP contribution in [0.3, 0.4) is 0 Å². The van der Waals surface area contributed by atoms with Crippen LogP contribution < -0.4 is 5.32 Å². The van der Waals surface area contributed by atoms with Gasteiger partial charge in [-0.05, 0) is 64.7 Å². The number of anilines is 1. The molecule has 3 nitrogen and oxygen atoms in total. The Hall–Kier alpha value is -0.740. The number of carbonyl (C=O) groups is 1. The van der Waals surface area contributed by atoms with Crippen LogP contribution in [0.1, 0.15) is 40.0 Å². The average molecular weight is 375 g/mol. The molecule has 5 heteroatoms. The summed E-state index contributed by atoms with van der Waals surface area (Å²) >= 11 is 9.38. The van der Waals surface area contributed by atoms with Crippen molar-refractivity contribution >= 4 is 39.2 Å². The molecule has 1 aliphatic carbocycles. The molecule has 1 aliphatic rings. The van der Waals surface area contributed by atoms with Gasteiger partial charge in [0, 0.05) is 10.2 Å². The van der Waals surface area contributed by atoms with E-state index in [-0.39, 0.29) is 5.41 Å². The van der Waals surface area contributed by atoms with Gasteiger partial charge in [0.15, 0.2) is 0 Å². The lowest BCUT2D eigenvalue weighted by Crippen LogP contribution is -2.53. The SMILES string of the molecule is CC1CC(C)(C)CC(Nc2ccc(Cl)c(Br)c2)(C(=O)O)C1. The maximum atomic E-state index is 12.0. The predicted molar refractivity (Wildman–Crippen MR) is 89.9 cm³/mol. The number of benzene rings is 1. The van der Waals surface area contributed by atoms with Gasteiger partial charge in [0.1, 0.15) is 5.54 Å². The fourth-order valence-corrected chi connectivity index (χ4v) is 4.23. The summed E-state index contributed by atoms with van der Waals surface area (Å²) in [6.45, 7) is 6.40. The van der Waals surface area contributed by atoms with E-state index < -0.39 is 11.5 Å². The van der Waals surface area contributed by atoms with E-state index in [1.54, 1.807) is 6.07 Å². The first-order chi connectivity index (χ1) is 9.63. The zero-order valence-electron chi connectivity index (χ0n) is 12.5. The largest absolute Gasteiger partial charge is 0.480 e. The van der Waals surface area contributed by atoms with Gasteiger partial charge in [-0.1, -0.05) is 32.4 Å². The summed E-state index contributed by atoms with van der Waals surface area (Å²) in [5, 5.41) is 13.7. The summed E-state index contributed by atoms with van der Waals surface area (Å²) in [6, 6.07) is 5.42. The predicted octanol–water partition coefficient (Wildman–Crippen LogP) is 5.18. The van der Waals surface area contributed by atoms with Crippen molar-refractivity contribution in [3.05, 3.63) is 27.7 Å². The lowest BCUT2D eigenvalue weighted by molar-refractivity contribution is -0.145. The molecule has 0 amide bonds. The van der Waals surface area contributed by atoms with Crippen molar-refractivity contribution in [2.24, 2.45) is 11.3 Å². The van der Waals surface area contributed by atoms with Crippen LogP contribution in [-0.2, 0) is 4.79 Å². The summed E-state index contributed by atoms with van der Waals surface area (Å²) in [5.41, 5.74) is -0.139. The van der Waals surface area contributed by atoms with Crippen molar-refractivity contribution < 1.29 is 9.90 Å². The molecule has 2 atom stereocenters. The summed E-state index contributed by atoms with van der Waals surface area (Å²) in [5.74, 6) is -0.415. The van der Waals surface area contributed by atoms with E-state index in [0.29, 0.717) is 23.8 Å². The zero-order chi connectivity index (χ0) is 15.8. The molecular formula is C16H21BrClNO2. The van der Waals surface area contributed by atoms with E-state index in [4.69, 9.17) is 11.6 Å². The summed E-state index contributed by atoms with van der Waals surface area (Å²) < 4.78 is 0.762. The topological polar surface area (TPSA) is 49.3 Å². The number of hydrogen-bond donors (Lipinski definition) is 2. The zero-order valence-corrected chi connectivity index (χ0v) is 14.9. The van der Waals surface area contributed by atoms with Gasteiger partial charge in [-0.15, -0.1) is 0 Å². The van der Waals surface area contributed by atoms with E-state index >= 15 is 0 Å². The van der Waals surface area contributed by atoms with Gasteiger partial charge in [-0.25, -0.2) is 4.79 Å². The second-order valence-corrected chi connectivity index (χ2v) is 8.26. The Bertz CT molecular complexity index is 561. The van der Waals surface area contributed by atoms with Crippen molar-refractivity contribution in [2.75, 3.05) is 5.32 Å². The molecule has 0 aromatic heterocycles. The third kappa shape index (κ3) is 3.72. The molecule has 2 rings (SSSR count). The number of aliphatic carboxylic acids is 1. The molecule has 0 aliphatic heterocycles. The highest BCUT2D eigenvalue weighted by Crippen LogP contribution is 2.45. The number of hydrogen-bond acceptors (Lipinski definition) is 2. The van der Waals surface area contributed by atoms with E-state index in [0.717, 1.165) is 16.6 Å². The number of nitrogens with one attached hydrogen (secondary N) is 1. The highest BCUT2D eigenvalue weighted by atomic mass is 79.9. The molecule has 0 heterocycles. The van der Waals surface area contributed by atoms with Crippen LogP contribution in [0, 0.1) is 11.3 Å². The number of halogens is 2. The Labute approximate surface area is 139 Å². The summed E-state index contributed by atoms with van der Waals surface area (Å²) in [7, 11) is 0. The molecule has 1 aromatic rings. The van der Waals surface area contributed by atoms with Crippen molar-refractivity contribution in [2.45, 2.75) is 45.6 Å². The normalized spacial score (nSPS) is 28.1. The van der Waals surface area contributed by atoms with Gasteiger partial charge in [-0.2, -0.15) is 0 Å². The third-order valence-electron chi connectivity index (χ3n) is 4.09. The maximum absolute atomic E-state index is 12.0. The van der Waals surface area contributed by atoms with Crippen molar-refractivity contribution in [1.82, 2.24) is 0 Å². The Morgan fingerprint density at radius 2 is 2.10 bits per heavy atom. The first-order valence-electron chi connectivity index (χ1n) is 7.10. The van der Waals surface area contributed by atoms with E-state index in [9.17, 15) is 9.90 Å². The average Bonchev–Trinajstić information content (AvgIpc) is 2.31. The van der Waals surface area contributed by atoms with Crippen LogP contribution in [0.4, 0.5) is 5.69 Å². The summed E-state index contributed by atoms with van der Waals surface area (Å²) in [6.07, 6.45) is 2.29. The summed E-state index contributed by atoms with van der Waals surface area (Å²) in [4.78, 5) is 12.0. The first-order valence-corrected chi connectivity index (χ1v) is 8.27. The molecule has 0 saturated heterocycles. The molecule has 2 N–H and O–H groups in total. The van der Waals surface area contributed by atoms with Gasteiger partial charge >= 0.3 is 5.97 Å². The Morgan fingerprint density at radius 1 is 1.43 bits per heavy atom. The fraction of sp³-hybridized carbons (Fsp3) is 0.562. The second kappa shape index (κ2) is 5.81. The molecule has 2 unspecified atom stereocenters. The van der Waals surface area contributed by atoms with Crippen molar-refractivity contribution in [3.8, 4) is 0 Å². The molecule has 116 valence electrons. The van der Waals surface area contributed by atoms with Gasteiger partial charge < -0.3 is 10.4 Å². The van der Waals surface area contributed by atoms with Crippen molar-refractivity contribution in [3.63, 3.8) is 0 Å². The molecule has 1 fully saturated rings. The maximum Gasteiger partial charge on any atom is 0.329 e.